The fourth-order valence-electron chi connectivity index (χ4n) is 1.25. The number of rotatable bonds is 5. The second kappa shape index (κ2) is 6.04. The normalized spacial score (nSPS) is 13.8. The SMILES string of the molecule is CC(C)C(C)CNS(=O)(=O)c1ccc(Br)c(N)c1. The van der Waals surface area contributed by atoms with Crippen LogP contribution in [0.2, 0.25) is 0 Å². The van der Waals surface area contributed by atoms with Crippen LogP contribution in [0.15, 0.2) is 27.6 Å². The summed E-state index contributed by atoms with van der Waals surface area (Å²) in [5.74, 6) is 0.718. The van der Waals surface area contributed by atoms with E-state index >= 15 is 0 Å². The van der Waals surface area contributed by atoms with E-state index in [0.717, 1.165) is 0 Å². The average molecular weight is 335 g/mol. The van der Waals surface area contributed by atoms with Crippen LogP contribution in [0, 0.1) is 11.8 Å². The van der Waals surface area contributed by atoms with Crippen LogP contribution in [-0.2, 0) is 10.0 Å². The van der Waals surface area contributed by atoms with Crippen molar-refractivity contribution in [3.8, 4) is 0 Å². The predicted octanol–water partition coefficient (Wildman–Crippen LogP) is 2.60. The lowest BCUT2D eigenvalue weighted by molar-refractivity contribution is 0.414. The summed E-state index contributed by atoms with van der Waals surface area (Å²) in [4.78, 5) is 0.194. The minimum absolute atomic E-state index is 0.194. The van der Waals surface area contributed by atoms with E-state index in [4.69, 9.17) is 5.73 Å². The van der Waals surface area contributed by atoms with Crippen LogP contribution in [0.4, 0.5) is 5.69 Å². The third-order valence-corrected chi connectivity index (χ3v) is 5.15. The summed E-state index contributed by atoms with van der Waals surface area (Å²) in [6.45, 7) is 6.58. The second-order valence-electron chi connectivity index (χ2n) is 4.76. The van der Waals surface area contributed by atoms with Gasteiger partial charge >= 0.3 is 0 Å². The van der Waals surface area contributed by atoms with E-state index in [-0.39, 0.29) is 10.8 Å². The first-order valence-electron chi connectivity index (χ1n) is 5.78. The first-order chi connectivity index (χ1) is 8.24. The fourth-order valence-corrected chi connectivity index (χ4v) is 2.67. The smallest absolute Gasteiger partial charge is 0.240 e. The summed E-state index contributed by atoms with van der Waals surface area (Å²) < 4.78 is 27.4. The largest absolute Gasteiger partial charge is 0.398 e. The Morgan fingerprint density at radius 1 is 1.33 bits per heavy atom. The predicted molar refractivity (Wildman–Crippen MR) is 77.7 cm³/mol. The van der Waals surface area contributed by atoms with Gasteiger partial charge in [0.2, 0.25) is 10.0 Å². The van der Waals surface area contributed by atoms with Gasteiger partial charge in [0, 0.05) is 16.7 Å². The van der Waals surface area contributed by atoms with E-state index in [1.807, 2.05) is 6.92 Å². The Morgan fingerprint density at radius 3 is 2.44 bits per heavy atom. The Kier molecular flexibility index (Phi) is 5.19. The Balaban J connectivity index is 2.83. The molecule has 1 atom stereocenters. The number of sulfonamides is 1. The van der Waals surface area contributed by atoms with Gasteiger partial charge in [0.05, 0.1) is 4.90 Å². The molecule has 1 aromatic rings. The van der Waals surface area contributed by atoms with Gasteiger partial charge in [-0.3, -0.25) is 0 Å². The molecule has 0 amide bonds. The van der Waals surface area contributed by atoms with Gasteiger partial charge in [-0.1, -0.05) is 20.8 Å². The number of halogens is 1. The number of hydrogen-bond acceptors (Lipinski definition) is 3. The zero-order valence-electron chi connectivity index (χ0n) is 10.8. The minimum atomic E-state index is -3.48. The molecule has 0 spiro atoms. The monoisotopic (exact) mass is 334 g/mol. The number of nitrogen functional groups attached to an aromatic ring is 1. The highest BCUT2D eigenvalue weighted by atomic mass is 79.9. The van der Waals surface area contributed by atoms with Crippen LogP contribution < -0.4 is 10.5 Å². The Hall–Kier alpha value is -0.590. The molecule has 6 heteroatoms. The van der Waals surface area contributed by atoms with Crippen molar-refractivity contribution in [2.75, 3.05) is 12.3 Å². The lowest BCUT2D eigenvalue weighted by Crippen LogP contribution is -2.30. The molecule has 0 saturated heterocycles. The van der Waals surface area contributed by atoms with E-state index in [1.54, 1.807) is 6.07 Å². The van der Waals surface area contributed by atoms with Crippen molar-refractivity contribution in [1.29, 1.82) is 0 Å². The van der Waals surface area contributed by atoms with Gasteiger partial charge in [0.15, 0.2) is 0 Å². The van der Waals surface area contributed by atoms with Gasteiger partial charge in [-0.05, 0) is 46.0 Å². The van der Waals surface area contributed by atoms with E-state index in [1.165, 1.54) is 12.1 Å². The average Bonchev–Trinajstić information content (AvgIpc) is 2.29. The van der Waals surface area contributed by atoms with Gasteiger partial charge in [0.1, 0.15) is 0 Å². The molecule has 18 heavy (non-hydrogen) atoms. The van der Waals surface area contributed by atoms with Gasteiger partial charge in [-0.25, -0.2) is 13.1 Å². The molecule has 0 fully saturated rings. The van der Waals surface area contributed by atoms with Crippen LogP contribution in [-0.4, -0.2) is 15.0 Å². The molecule has 0 aliphatic rings. The zero-order chi connectivity index (χ0) is 13.9. The zero-order valence-corrected chi connectivity index (χ0v) is 13.2. The molecule has 4 nitrogen and oxygen atoms in total. The molecule has 0 bridgehead atoms. The van der Waals surface area contributed by atoms with Crippen molar-refractivity contribution in [2.45, 2.75) is 25.7 Å². The molecule has 0 heterocycles. The van der Waals surface area contributed by atoms with Gasteiger partial charge in [0.25, 0.3) is 0 Å². The molecule has 1 rings (SSSR count). The number of hydrogen-bond donors (Lipinski definition) is 2. The quantitative estimate of drug-likeness (QED) is 0.813. The second-order valence-corrected chi connectivity index (χ2v) is 7.38. The molecule has 102 valence electrons. The molecular weight excluding hydrogens is 316 g/mol. The molecule has 0 aromatic heterocycles. The summed E-state index contributed by atoms with van der Waals surface area (Å²) in [7, 11) is -3.48. The van der Waals surface area contributed by atoms with Crippen molar-refractivity contribution >= 4 is 31.6 Å². The number of nitrogens with two attached hydrogens (primary N) is 1. The molecule has 3 N–H and O–H groups in total. The molecule has 0 radical (unpaired) electrons. The standard InChI is InChI=1S/C12H19BrN2O2S/c1-8(2)9(3)7-15-18(16,17)10-4-5-11(13)12(14)6-10/h4-6,8-9,15H,7,14H2,1-3H3. The van der Waals surface area contributed by atoms with Crippen molar-refractivity contribution < 1.29 is 8.42 Å². The Labute approximate surface area is 117 Å². The molecular formula is C12H19BrN2O2S. The van der Waals surface area contributed by atoms with Crippen LogP contribution in [0.1, 0.15) is 20.8 Å². The lowest BCUT2D eigenvalue weighted by Gasteiger charge is -2.16. The molecule has 0 saturated carbocycles. The van der Waals surface area contributed by atoms with Crippen LogP contribution in [0.25, 0.3) is 0 Å². The molecule has 1 unspecified atom stereocenters. The number of nitrogens with one attached hydrogen (secondary N) is 1. The Morgan fingerprint density at radius 2 is 1.94 bits per heavy atom. The number of benzene rings is 1. The maximum Gasteiger partial charge on any atom is 0.240 e. The van der Waals surface area contributed by atoms with Gasteiger partial charge < -0.3 is 5.73 Å². The summed E-state index contributed by atoms with van der Waals surface area (Å²) in [5.41, 5.74) is 6.09. The first kappa shape index (κ1) is 15.5. The summed E-state index contributed by atoms with van der Waals surface area (Å²) in [5, 5.41) is 0. The van der Waals surface area contributed by atoms with E-state index < -0.39 is 10.0 Å². The third kappa shape index (κ3) is 3.96. The lowest BCUT2D eigenvalue weighted by atomic mass is 9.99. The highest BCUT2D eigenvalue weighted by molar-refractivity contribution is 9.10. The molecule has 0 aliphatic carbocycles. The number of anilines is 1. The summed E-state index contributed by atoms with van der Waals surface area (Å²) >= 11 is 3.24. The van der Waals surface area contributed by atoms with E-state index in [0.29, 0.717) is 22.6 Å². The summed E-state index contributed by atoms with van der Waals surface area (Å²) in [6, 6.07) is 4.62. The van der Waals surface area contributed by atoms with Gasteiger partial charge in [-0.2, -0.15) is 0 Å². The maximum atomic E-state index is 12.0. The van der Waals surface area contributed by atoms with E-state index in [2.05, 4.69) is 34.5 Å². The molecule has 0 aliphatic heterocycles. The van der Waals surface area contributed by atoms with Crippen molar-refractivity contribution in [1.82, 2.24) is 4.72 Å². The van der Waals surface area contributed by atoms with Crippen LogP contribution in [0.5, 0.6) is 0 Å². The maximum absolute atomic E-state index is 12.0. The highest BCUT2D eigenvalue weighted by Crippen LogP contribution is 2.22. The Bertz CT molecular complexity index is 515. The van der Waals surface area contributed by atoms with Crippen molar-refractivity contribution in [3.05, 3.63) is 22.7 Å². The fraction of sp³-hybridized carbons (Fsp3) is 0.500. The third-order valence-electron chi connectivity index (χ3n) is 3.01. The van der Waals surface area contributed by atoms with Crippen molar-refractivity contribution in [2.24, 2.45) is 11.8 Å². The van der Waals surface area contributed by atoms with Crippen LogP contribution in [0.3, 0.4) is 0 Å². The van der Waals surface area contributed by atoms with Gasteiger partial charge in [-0.15, -0.1) is 0 Å². The topological polar surface area (TPSA) is 72.2 Å². The van der Waals surface area contributed by atoms with Crippen LogP contribution >= 0.6 is 15.9 Å². The first-order valence-corrected chi connectivity index (χ1v) is 8.06. The van der Waals surface area contributed by atoms with E-state index in [9.17, 15) is 8.42 Å². The van der Waals surface area contributed by atoms with Crippen molar-refractivity contribution in [3.63, 3.8) is 0 Å². The summed E-state index contributed by atoms with van der Waals surface area (Å²) in [6.07, 6.45) is 0. The minimum Gasteiger partial charge on any atom is -0.398 e. The molecule has 1 aromatic carbocycles. The highest BCUT2D eigenvalue weighted by Gasteiger charge is 2.17.